The fourth-order valence-electron chi connectivity index (χ4n) is 2.49. The molecule has 2 amide bonds. The highest BCUT2D eigenvalue weighted by molar-refractivity contribution is 9.10. The summed E-state index contributed by atoms with van der Waals surface area (Å²) in [6.45, 7) is 3.77. The SMILES string of the molecule is Cc1noc(C)c1CNC(=O)CN1C(=O)COc2cc(Br)ccc21. The number of nitrogens with one attached hydrogen (secondary N) is 1. The minimum Gasteiger partial charge on any atom is -0.482 e. The fourth-order valence-corrected chi connectivity index (χ4v) is 2.83. The minimum atomic E-state index is -0.265. The standard InChI is InChI=1S/C16H16BrN3O4/c1-9-12(10(2)24-19-9)6-18-15(21)7-20-13-4-3-11(17)5-14(13)23-8-16(20)22/h3-5H,6-8H2,1-2H3,(H,18,21). The van der Waals surface area contributed by atoms with E-state index in [1.807, 2.05) is 6.92 Å². The highest BCUT2D eigenvalue weighted by Gasteiger charge is 2.27. The zero-order valence-electron chi connectivity index (χ0n) is 13.3. The highest BCUT2D eigenvalue weighted by atomic mass is 79.9. The minimum absolute atomic E-state index is 0.0692. The van der Waals surface area contributed by atoms with Crippen molar-refractivity contribution in [2.75, 3.05) is 18.1 Å². The molecule has 24 heavy (non-hydrogen) atoms. The normalized spacial score (nSPS) is 13.5. The lowest BCUT2D eigenvalue weighted by molar-refractivity contribution is -0.125. The van der Waals surface area contributed by atoms with Crippen LogP contribution in [0.2, 0.25) is 0 Å². The predicted octanol–water partition coefficient (Wildman–Crippen LogP) is 2.10. The van der Waals surface area contributed by atoms with E-state index < -0.39 is 0 Å². The van der Waals surface area contributed by atoms with Gasteiger partial charge in [0.1, 0.15) is 18.1 Å². The molecule has 1 aromatic carbocycles. The first-order valence-corrected chi connectivity index (χ1v) is 8.16. The van der Waals surface area contributed by atoms with Crippen LogP contribution < -0.4 is 15.0 Å². The zero-order valence-corrected chi connectivity index (χ0v) is 14.8. The van der Waals surface area contributed by atoms with E-state index in [2.05, 4.69) is 26.4 Å². The van der Waals surface area contributed by atoms with Crippen LogP contribution in [0.3, 0.4) is 0 Å². The Morgan fingerprint density at radius 2 is 2.21 bits per heavy atom. The number of hydrogen-bond acceptors (Lipinski definition) is 5. The molecule has 2 aromatic rings. The van der Waals surface area contributed by atoms with E-state index in [0.717, 1.165) is 15.7 Å². The number of aryl methyl sites for hydroxylation is 2. The Balaban J connectivity index is 1.69. The third kappa shape index (κ3) is 3.28. The largest absolute Gasteiger partial charge is 0.482 e. The molecule has 7 nitrogen and oxygen atoms in total. The number of amides is 2. The summed E-state index contributed by atoms with van der Waals surface area (Å²) in [5.74, 6) is 0.726. The Labute approximate surface area is 147 Å². The Morgan fingerprint density at radius 3 is 2.92 bits per heavy atom. The molecule has 0 bridgehead atoms. The average Bonchev–Trinajstić information content (AvgIpc) is 2.86. The van der Waals surface area contributed by atoms with Crippen molar-refractivity contribution in [3.63, 3.8) is 0 Å². The van der Waals surface area contributed by atoms with Crippen LogP contribution in [0.1, 0.15) is 17.0 Å². The molecule has 126 valence electrons. The Hall–Kier alpha value is -2.35. The maximum atomic E-state index is 12.2. The van der Waals surface area contributed by atoms with Gasteiger partial charge < -0.3 is 14.6 Å². The number of fused-ring (bicyclic) bond motifs is 1. The first kappa shape index (κ1) is 16.5. The number of benzene rings is 1. The topological polar surface area (TPSA) is 84.7 Å². The van der Waals surface area contributed by atoms with E-state index in [0.29, 0.717) is 23.7 Å². The van der Waals surface area contributed by atoms with Crippen LogP contribution in [-0.2, 0) is 16.1 Å². The van der Waals surface area contributed by atoms with E-state index in [4.69, 9.17) is 9.26 Å². The van der Waals surface area contributed by atoms with Gasteiger partial charge in [0.05, 0.1) is 11.4 Å². The number of carbonyl (C=O) groups excluding carboxylic acids is 2. The second-order valence-corrected chi connectivity index (χ2v) is 6.38. The van der Waals surface area contributed by atoms with Gasteiger partial charge in [-0.25, -0.2) is 0 Å². The van der Waals surface area contributed by atoms with Crippen LogP contribution >= 0.6 is 15.9 Å². The molecular weight excluding hydrogens is 378 g/mol. The molecule has 8 heteroatoms. The summed E-state index contributed by atoms with van der Waals surface area (Å²) in [4.78, 5) is 25.8. The van der Waals surface area contributed by atoms with Crippen LogP contribution in [0.15, 0.2) is 27.2 Å². The molecule has 0 atom stereocenters. The summed E-state index contributed by atoms with van der Waals surface area (Å²) in [5.41, 5.74) is 2.17. The van der Waals surface area contributed by atoms with Gasteiger partial charge in [0.25, 0.3) is 5.91 Å². The second kappa shape index (κ2) is 6.64. The summed E-state index contributed by atoms with van der Waals surface area (Å²) >= 11 is 3.36. The summed E-state index contributed by atoms with van der Waals surface area (Å²) in [6, 6.07) is 5.32. The van der Waals surface area contributed by atoms with E-state index in [9.17, 15) is 9.59 Å². The number of hydrogen-bond donors (Lipinski definition) is 1. The van der Waals surface area contributed by atoms with Gasteiger partial charge in [-0.2, -0.15) is 0 Å². The van der Waals surface area contributed by atoms with E-state index >= 15 is 0 Å². The van der Waals surface area contributed by atoms with Crippen LogP contribution in [-0.4, -0.2) is 30.1 Å². The van der Waals surface area contributed by atoms with Crippen LogP contribution in [0.5, 0.6) is 5.75 Å². The van der Waals surface area contributed by atoms with Gasteiger partial charge in [-0.05, 0) is 32.0 Å². The average molecular weight is 394 g/mol. The van der Waals surface area contributed by atoms with Crippen molar-refractivity contribution in [1.82, 2.24) is 10.5 Å². The van der Waals surface area contributed by atoms with Crippen LogP contribution in [0.25, 0.3) is 0 Å². The summed E-state index contributed by atoms with van der Waals surface area (Å²) in [7, 11) is 0. The quantitative estimate of drug-likeness (QED) is 0.859. The van der Waals surface area contributed by atoms with Crippen LogP contribution in [0.4, 0.5) is 5.69 Å². The van der Waals surface area contributed by atoms with Crippen molar-refractivity contribution in [2.24, 2.45) is 0 Å². The lowest BCUT2D eigenvalue weighted by Gasteiger charge is -2.29. The highest BCUT2D eigenvalue weighted by Crippen LogP contribution is 2.34. The summed E-state index contributed by atoms with van der Waals surface area (Å²) in [6.07, 6.45) is 0. The van der Waals surface area contributed by atoms with Gasteiger partial charge >= 0.3 is 0 Å². The molecule has 0 fully saturated rings. The lowest BCUT2D eigenvalue weighted by Crippen LogP contribution is -2.45. The fraction of sp³-hybridized carbons (Fsp3) is 0.312. The Kier molecular flexibility index (Phi) is 4.57. The third-order valence-electron chi connectivity index (χ3n) is 3.81. The van der Waals surface area contributed by atoms with Gasteiger partial charge in [-0.3, -0.25) is 14.5 Å². The maximum absolute atomic E-state index is 12.2. The van der Waals surface area contributed by atoms with Crippen molar-refractivity contribution in [3.05, 3.63) is 39.7 Å². The molecule has 3 rings (SSSR count). The molecule has 0 saturated carbocycles. The Morgan fingerprint density at radius 1 is 1.42 bits per heavy atom. The van der Waals surface area contributed by atoms with E-state index in [-0.39, 0.29) is 25.0 Å². The number of rotatable bonds is 4. The molecule has 1 aliphatic heterocycles. The molecular formula is C16H16BrN3O4. The maximum Gasteiger partial charge on any atom is 0.265 e. The van der Waals surface area contributed by atoms with Gasteiger partial charge in [0.2, 0.25) is 5.91 Å². The van der Waals surface area contributed by atoms with Crippen LogP contribution in [0, 0.1) is 13.8 Å². The van der Waals surface area contributed by atoms with Crippen molar-refractivity contribution in [2.45, 2.75) is 20.4 Å². The number of carbonyl (C=O) groups is 2. The first-order valence-electron chi connectivity index (χ1n) is 7.37. The number of aromatic nitrogens is 1. The molecule has 0 aliphatic carbocycles. The molecule has 1 aromatic heterocycles. The Bertz CT molecular complexity index is 783. The predicted molar refractivity (Wildman–Crippen MR) is 89.8 cm³/mol. The van der Waals surface area contributed by atoms with Crippen molar-refractivity contribution in [1.29, 1.82) is 0 Å². The molecule has 1 N–H and O–H groups in total. The smallest absolute Gasteiger partial charge is 0.265 e. The summed E-state index contributed by atoms with van der Waals surface area (Å²) < 4.78 is 11.3. The zero-order chi connectivity index (χ0) is 17.3. The van der Waals surface area contributed by atoms with Crippen molar-refractivity contribution >= 4 is 33.4 Å². The van der Waals surface area contributed by atoms with Crippen molar-refractivity contribution < 1.29 is 18.8 Å². The van der Waals surface area contributed by atoms with Crippen molar-refractivity contribution in [3.8, 4) is 5.75 Å². The number of ether oxygens (including phenoxy) is 1. The number of halogens is 1. The van der Waals surface area contributed by atoms with Gasteiger partial charge in [0, 0.05) is 16.6 Å². The van der Waals surface area contributed by atoms with Gasteiger partial charge in [-0.1, -0.05) is 21.1 Å². The summed E-state index contributed by atoms with van der Waals surface area (Å²) in [5, 5.41) is 6.64. The lowest BCUT2D eigenvalue weighted by atomic mass is 10.2. The van der Waals surface area contributed by atoms with Gasteiger partial charge in [-0.15, -0.1) is 0 Å². The van der Waals surface area contributed by atoms with Gasteiger partial charge in [0.15, 0.2) is 6.61 Å². The molecule has 1 aliphatic rings. The monoisotopic (exact) mass is 393 g/mol. The first-order chi connectivity index (χ1) is 11.5. The molecule has 2 heterocycles. The molecule has 0 unspecified atom stereocenters. The molecule has 0 radical (unpaired) electrons. The number of nitrogens with zero attached hydrogens (tertiary/aromatic N) is 2. The number of anilines is 1. The third-order valence-corrected chi connectivity index (χ3v) is 4.30. The molecule has 0 spiro atoms. The van der Waals surface area contributed by atoms with E-state index in [1.165, 1.54) is 4.90 Å². The molecule has 0 saturated heterocycles. The van der Waals surface area contributed by atoms with E-state index in [1.54, 1.807) is 25.1 Å². The second-order valence-electron chi connectivity index (χ2n) is 5.46.